The van der Waals surface area contributed by atoms with Crippen LogP contribution in [-0.4, -0.2) is 41.7 Å². The molecule has 2 rings (SSSR count). The molecular formula is C13H24N2O2. The highest BCUT2D eigenvalue weighted by Gasteiger charge is 2.41. The number of nitrogens with zero attached hydrogens (tertiary/aromatic N) is 1. The Kier molecular flexibility index (Phi) is 4.05. The highest BCUT2D eigenvalue weighted by molar-refractivity contribution is 5.83. The molecule has 0 aromatic rings. The van der Waals surface area contributed by atoms with Gasteiger partial charge in [0.2, 0.25) is 5.91 Å². The second kappa shape index (κ2) is 5.36. The maximum atomic E-state index is 12.6. The van der Waals surface area contributed by atoms with Gasteiger partial charge in [0.05, 0.1) is 11.5 Å². The van der Waals surface area contributed by atoms with Crippen LogP contribution in [0.4, 0.5) is 0 Å². The molecule has 4 nitrogen and oxygen atoms in total. The second-order valence-corrected chi connectivity index (χ2v) is 5.57. The van der Waals surface area contributed by atoms with Crippen LogP contribution in [0.15, 0.2) is 0 Å². The van der Waals surface area contributed by atoms with Crippen molar-refractivity contribution in [1.82, 2.24) is 4.90 Å². The SMILES string of the molecule is NCC1(C(=O)N2CCC(O)CC2)CCCCC1. The smallest absolute Gasteiger partial charge is 0.230 e. The summed E-state index contributed by atoms with van der Waals surface area (Å²) in [4.78, 5) is 14.5. The summed E-state index contributed by atoms with van der Waals surface area (Å²) in [7, 11) is 0. The average molecular weight is 240 g/mol. The van der Waals surface area contributed by atoms with Gasteiger partial charge in [0, 0.05) is 19.6 Å². The van der Waals surface area contributed by atoms with Crippen molar-refractivity contribution in [2.75, 3.05) is 19.6 Å². The third-order valence-corrected chi connectivity index (χ3v) is 4.41. The monoisotopic (exact) mass is 240 g/mol. The molecule has 1 saturated carbocycles. The molecule has 0 radical (unpaired) electrons. The van der Waals surface area contributed by atoms with Crippen molar-refractivity contribution >= 4 is 5.91 Å². The predicted molar refractivity (Wildman–Crippen MR) is 66.4 cm³/mol. The molecule has 1 heterocycles. The van der Waals surface area contributed by atoms with Crippen molar-refractivity contribution in [3.63, 3.8) is 0 Å². The fourth-order valence-electron chi connectivity index (χ4n) is 3.14. The van der Waals surface area contributed by atoms with Gasteiger partial charge >= 0.3 is 0 Å². The number of aliphatic hydroxyl groups excluding tert-OH is 1. The first-order chi connectivity index (χ1) is 8.18. The van der Waals surface area contributed by atoms with Crippen molar-refractivity contribution in [3.8, 4) is 0 Å². The summed E-state index contributed by atoms with van der Waals surface area (Å²) in [6.45, 7) is 1.87. The van der Waals surface area contributed by atoms with Crippen molar-refractivity contribution in [2.24, 2.45) is 11.1 Å². The molecule has 1 saturated heterocycles. The molecule has 17 heavy (non-hydrogen) atoms. The highest BCUT2D eigenvalue weighted by atomic mass is 16.3. The molecule has 0 aromatic heterocycles. The maximum absolute atomic E-state index is 12.6. The van der Waals surface area contributed by atoms with Crippen LogP contribution in [0.25, 0.3) is 0 Å². The Balaban J connectivity index is 2.01. The van der Waals surface area contributed by atoms with Gasteiger partial charge in [-0.15, -0.1) is 0 Å². The van der Waals surface area contributed by atoms with Gasteiger partial charge in [-0.05, 0) is 25.7 Å². The van der Waals surface area contributed by atoms with Gasteiger partial charge in [0.15, 0.2) is 0 Å². The predicted octanol–water partition coefficient (Wildman–Crippen LogP) is 0.879. The molecule has 1 amide bonds. The van der Waals surface area contributed by atoms with E-state index in [0.717, 1.165) is 25.7 Å². The molecule has 0 spiro atoms. The number of aliphatic hydroxyl groups is 1. The van der Waals surface area contributed by atoms with E-state index in [1.54, 1.807) is 0 Å². The molecule has 3 N–H and O–H groups in total. The Bertz CT molecular complexity index is 267. The van der Waals surface area contributed by atoms with E-state index in [1.165, 1.54) is 6.42 Å². The number of amides is 1. The first kappa shape index (κ1) is 12.8. The fourth-order valence-corrected chi connectivity index (χ4v) is 3.14. The maximum Gasteiger partial charge on any atom is 0.230 e. The Labute approximate surface area is 103 Å². The third-order valence-electron chi connectivity index (χ3n) is 4.41. The lowest BCUT2D eigenvalue weighted by atomic mass is 9.73. The molecule has 4 heteroatoms. The Morgan fingerprint density at radius 1 is 1.24 bits per heavy atom. The Morgan fingerprint density at radius 3 is 2.35 bits per heavy atom. The quantitative estimate of drug-likeness (QED) is 0.753. The summed E-state index contributed by atoms with van der Waals surface area (Å²) in [5.41, 5.74) is 5.59. The Morgan fingerprint density at radius 2 is 1.82 bits per heavy atom. The van der Waals surface area contributed by atoms with Gasteiger partial charge in [-0.3, -0.25) is 4.79 Å². The zero-order valence-electron chi connectivity index (χ0n) is 10.5. The molecule has 2 aliphatic rings. The normalized spacial score (nSPS) is 25.9. The van der Waals surface area contributed by atoms with Crippen molar-refractivity contribution < 1.29 is 9.90 Å². The number of piperidine rings is 1. The van der Waals surface area contributed by atoms with Crippen LogP contribution in [0.1, 0.15) is 44.9 Å². The van der Waals surface area contributed by atoms with Gasteiger partial charge < -0.3 is 15.7 Å². The lowest BCUT2D eigenvalue weighted by Crippen LogP contribution is -2.51. The second-order valence-electron chi connectivity index (χ2n) is 5.57. The van der Waals surface area contributed by atoms with Crippen molar-refractivity contribution in [3.05, 3.63) is 0 Å². The lowest BCUT2D eigenvalue weighted by Gasteiger charge is -2.41. The number of carbonyl (C=O) groups excluding carboxylic acids is 1. The van der Waals surface area contributed by atoms with E-state index in [2.05, 4.69) is 0 Å². The number of hydrogen-bond acceptors (Lipinski definition) is 3. The van der Waals surface area contributed by atoms with Gasteiger partial charge in [-0.2, -0.15) is 0 Å². The van der Waals surface area contributed by atoms with E-state index in [1.807, 2.05) is 4.90 Å². The van der Waals surface area contributed by atoms with Crippen LogP contribution >= 0.6 is 0 Å². The third kappa shape index (κ3) is 2.63. The lowest BCUT2D eigenvalue weighted by molar-refractivity contribution is -0.145. The molecule has 0 bridgehead atoms. The van der Waals surface area contributed by atoms with Crippen LogP contribution in [0.2, 0.25) is 0 Å². The van der Waals surface area contributed by atoms with E-state index in [0.29, 0.717) is 32.5 Å². The topological polar surface area (TPSA) is 66.6 Å². The van der Waals surface area contributed by atoms with E-state index in [9.17, 15) is 9.90 Å². The van der Waals surface area contributed by atoms with Gasteiger partial charge in [0.1, 0.15) is 0 Å². The summed E-state index contributed by atoms with van der Waals surface area (Å²) in [6.07, 6.45) is 6.58. The number of carbonyl (C=O) groups is 1. The molecule has 1 aliphatic heterocycles. The minimum atomic E-state index is -0.291. The van der Waals surface area contributed by atoms with Crippen molar-refractivity contribution in [2.45, 2.75) is 51.0 Å². The highest BCUT2D eigenvalue weighted by Crippen LogP contribution is 2.37. The number of hydrogen-bond donors (Lipinski definition) is 2. The van der Waals surface area contributed by atoms with Crippen LogP contribution in [-0.2, 0) is 4.79 Å². The van der Waals surface area contributed by atoms with Crippen LogP contribution in [0, 0.1) is 5.41 Å². The first-order valence-corrected chi connectivity index (χ1v) is 6.85. The summed E-state index contributed by atoms with van der Waals surface area (Å²) >= 11 is 0. The van der Waals surface area contributed by atoms with Crippen LogP contribution < -0.4 is 5.73 Å². The summed E-state index contributed by atoms with van der Waals surface area (Å²) < 4.78 is 0. The Hall–Kier alpha value is -0.610. The molecule has 1 aliphatic carbocycles. The fraction of sp³-hybridized carbons (Fsp3) is 0.923. The zero-order chi connectivity index (χ0) is 12.3. The van der Waals surface area contributed by atoms with Gasteiger partial charge in [-0.25, -0.2) is 0 Å². The van der Waals surface area contributed by atoms with E-state index < -0.39 is 0 Å². The first-order valence-electron chi connectivity index (χ1n) is 6.85. The summed E-state index contributed by atoms with van der Waals surface area (Å²) in [5, 5.41) is 9.48. The molecule has 0 aromatic carbocycles. The van der Waals surface area contributed by atoms with E-state index >= 15 is 0 Å². The van der Waals surface area contributed by atoms with E-state index in [4.69, 9.17) is 5.73 Å². The molecule has 98 valence electrons. The zero-order valence-corrected chi connectivity index (χ0v) is 10.5. The summed E-state index contributed by atoms with van der Waals surface area (Å²) in [5.74, 6) is 0.242. The average Bonchev–Trinajstić information content (AvgIpc) is 2.39. The van der Waals surface area contributed by atoms with Gasteiger partial charge in [0.25, 0.3) is 0 Å². The number of nitrogens with two attached hydrogens (primary N) is 1. The van der Waals surface area contributed by atoms with Gasteiger partial charge in [-0.1, -0.05) is 19.3 Å². The minimum Gasteiger partial charge on any atom is -0.393 e. The minimum absolute atomic E-state index is 0.223. The standard InChI is InChI=1S/C13H24N2O2/c14-10-13(6-2-1-3-7-13)12(17)15-8-4-11(16)5-9-15/h11,16H,1-10,14H2. The van der Waals surface area contributed by atoms with Crippen molar-refractivity contribution in [1.29, 1.82) is 0 Å². The summed E-state index contributed by atoms with van der Waals surface area (Å²) in [6, 6.07) is 0. The van der Waals surface area contributed by atoms with Crippen LogP contribution in [0.5, 0.6) is 0 Å². The number of likely N-dealkylation sites (tertiary alicyclic amines) is 1. The van der Waals surface area contributed by atoms with E-state index in [-0.39, 0.29) is 17.4 Å². The molecule has 0 atom stereocenters. The number of rotatable bonds is 2. The molecule has 2 fully saturated rings. The van der Waals surface area contributed by atoms with Crippen LogP contribution in [0.3, 0.4) is 0 Å². The molecule has 0 unspecified atom stereocenters. The largest absolute Gasteiger partial charge is 0.393 e. The molecular weight excluding hydrogens is 216 g/mol.